The minimum Gasteiger partial charge on any atom is -0.355 e. The summed E-state index contributed by atoms with van der Waals surface area (Å²) >= 11 is 1.54. The molecule has 1 atom stereocenters. The van der Waals surface area contributed by atoms with Gasteiger partial charge in [-0.15, -0.1) is 11.8 Å². The fraction of sp³-hybridized carbons (Fsp3) is 0.286. The van der Waals surface area contributed by atoms with Crippen molar-refractivity contribution in [3.05, 3.63) is 107 Å². The zero-order chi connectivity index (χ0) is 24.3. The van der Waals surface area contributed by atoms with E-state index in [1.165, 1.54) is 35.0 Å². The fourth-order valence-electron chi connectivity index (χ4n) is 3.74. The molecule has 3 aromatic rings. The number of aryl methyl sites for hydroxylation is 1. The van der Waals surface area contributed by atoms with Crippen LogP contribution in [0.15, 0.2) is 78.9 Å². The summed E-state index contributed by atoms with van der Waals surface area (Å²) in [6, 6.07) is 23.2. The highest BCUT2D eigenvalue weighted by Crippen LogP contribution is 2.20. The van der Waals surface area contributed by atoms with E-state index in [1.807, 2.05) is 49.4 Å². The van der Waals surface area contributed by atoms with Gasteiger partial charge in [-0.1, -0.05) is 66.7 Å². The lowest BCUT2D eigenvalue weighted by Crippen LogP contribution is -2.51. The maximum atomic E-state index is 13.5. The number of carbonyl (C=O) groups is 2. The van der Waals surface area contributed by atoms with Crippen molar-refractivity contribution in [2.45, 2.75) is 38.6 Å². The number of benzene rings is 3. The Morgan fingerprint density at radius 2 is 1.62 bits per heavy atom. The molecule has 0 saturated carbocycles. The predicted octanol–water partition coefficient (Wildman–Crippen LogP) is 5.14. The van der Waals surface area contributed by atoms with E-state index >= 15 is 0 Å². The summed E-state index contributed by atoms with van der Waals surface area (Å²) in [4.78, 5) is 28.2. The first-order valence-electron chi connectivity index (χ1n) is 11.5. The number of hydrogen-bond acceptors (Lipinski definition) is 3. The van der Waals surface area contributed by atoms with Gasteiger partial charge in [-0.3, -0.25) is 9.59 Å². The molecule has 4 nitrogen and oxygen atoms in total. The smallest absolute Gasteiger partial charge is 0.243 e. The maximum Gasteiger partial charge on any atom is 0.243 e. The molecule has 0 aliphatic rings. The summed E-state index contributed by atoms with van der Waals surface area (Å²) in [5, 5.41) is 2.89. The number of carbonyl (C=O) groups excluding carboxylic acids is 2. The molecule has 0 saturated heterocycles. The van der Waals surface area contributed by atoms with E-state index in [2.05, 4.69) is 24.4 Å². The standard InChI is InChI=1S/C28H31FN2O2S/c1-3-30-28(33)26(17-22-10-5-4-6-11-22)31(18-23-13-15-25(29)16-14-23)27(32)20-34-19-24-12-8-7-9-21(24)2/h4-16,26H,3,17-20H2,1-2H3,(H,30,33)/t26-/m0/s1. The Kier molecular flexibility index (Phi) is 9.71. The Hall–Kier alpha value is -3.12. The molecular formula is C28H31FN2O2S. The van der Waals surface area contributed by atoms with Crippen LogP contribution < -0.4 is 5.32 Å². The van der Waals surface area contributed by atoms with Gasteiger partial charge in [0.05, 0.1) is 5.75 Å². The van der Waals surface area contributed by atoms with Crippen LogP contribution in [-0.2, 0) is 28.3 Å². The van der Waals surface area contributed by atoms with E-state index in [-0.39, 0.29) is 29.9 Å². The molecule has 3 rings (SSSR count). The van der Waals surface area contributed by atoms with Crippen LogP contribution in [0.1, 0.15) is 29.2 Å². The Labute approximate surface area is 205 Å². The van der Waals surface area contributed by atoms with Crippen molar-refractivity contribution in [2.24, 2.45) is 0 Å². The number of hydrogen-bond donors (Lipinski definition) is 1. The molecule has 0 radical (unpaired) electrons. The molecule has 178 valence electrons. The molecule has 0 heterocycles. The van der Waals surface area contributed by atoms with Crippen molar-refractivity contribution in [3.8, 4) is 0 Å². The summed E-state index contributed by atoms with van der Waals surface area (Å²) in [5.74, 6) is 0.328. The first-order valence-corrected chi connectivity index (χ1v) is 12.6. The summed E-state index contributed by atoms with van der Waals surface area (Å²) < 4.78 is 13.5. The number of rotatable bonds is 11. The number of thioether (sulfide) groups is 1. The quantitative estimate of drug-likeness (QED) is 0.415. The fourth-order valence-corrected chi connectivity index (χ4v) is 4.72. The third kappa shape index (κ3) is 7.45. The first kappa shape index (κ1) is 25.5. The molecular weight excluding hydrogens is 447 g/mol. The SMILES string of the molecule is CCNC(=O)[C@H](Cc1ccccc1)N(Cc1ccc(F)cc1)C(=O)CSCc1ccccc1C. The molecule has 1 N–H and O–H groups in total. The highest BCUT2D eigenvalue weighted by molar-refractivity contribution is 7.99. The van der Waals surface area contributed by atoms with Crippen molar-refractivity contribution < 1.29 is 14.0 Å². The number of halogens is 1. The van der Waals surface area contributed by atoms with Crippen LogP contribution in [-0.4, -0.2) is 35.1 Å². The topological polar surface area (TPSA) is 49.4 Å². The van der Waals surface area contributed by atoms with Crippen molar-refractivity contribution in [1.29, 1.82) is 0 Å². The molecule has 0 aliphatic heterocycles. The summed E-state index contributed by atoms with van der Waals surface area (Å²) in [6.45, 7) is 4.63. The normalized spacial score (nSPS) is 11.6. The molecule has 0 fully saturated rings. The second-order valence-electron chi connectivity index (χ2n) is 8.17. The van der Waals surface area contributed by atoms with E-state index in [0.717, 1.165) is 11.1 Å². The second kappa shape index (κ2) is 12.9. The van der Waals surface area contributed by atoms with E-state index in [0.29, 0.717) is 18.7 Å². The maximum absolute atomic E-state index is 13.5. The molecule has 2 amide bonds. The Balaban J connectivity index is 1.82. The Bertz CT molecular complexity index is 1070. The van der Waals surface area contributed by atoms with Crippen LogP contribution in [0.3, 0.4) is 0 Å². The number of amides is 2. The molecule has 6 heteroatoms. The van der Waals surface area contributed by atoms with Crippen LogP contribution in [0, 0.1) is 12.7 Å². The molecule has 0 unspecified atom stereocenters. The van der Waals surface area contributed by atoms with Crippen LogP contribution in [0.2, 0.25) is 0 Å². The number of nitrogens with zero attached hydrogens (tertiary/aromatic N) is 1. The van der Waals surface area contributed by atoms with Gasteiger partial charge in [0.15, 0.2) is 0 Å². The van der Waals surface area contributed by atoms with Crippen LogP contribution in [0.4, 0.5) is 4.39 Å². The third-order valence-corrected chi connectivity index (χ3v) is 6.60. The van der Waals surface area contributed by atoms with Gasteiger partial charge in [-0.05, 0) is 48.2 Å². The summed E-state index contributed by atoms with van der Waals surface area (Å²) in [5.41, 5.74) is 4.13. The average molecular weight is 479 g/mol. The van der Waals surface area contributed by atoms with Gasteiger partial charge in [0.2, 0.25) is 11.8 Å². The van der Waals surface area contributed by atoms with E-state index in [9.17, 15) is 14.0 Å². The lowest BCUT2D eigenvalue weighted by Gasteiger charge is -2.31. The predicted molar refractivity (Wildman–Crippen MR) is 137 cm³/mol. The van der Waals surface area contributed by atoms with Crippen LogP contribution in [0.5, 0.6) is 0 Å². The van der Waals surface area contributed by atoms with E-state index < -0.39 is 6.04 Å². The molecule has 0 aromatic heterocycles. The highest BCUT2D eigenvalue weighted by atomic mass is 32.2. The van der Waals surface area contributed by atoms with E-state index in [4.69, 9.17) is 0 Å². The highest BCUT2D eigenvalue weighted by Gasteiger charge is 2.30. The van der Waals surface area contributed by atoms with Crippen molar-refractivity contribution in [2.75, 3.05) is 12.3 Å². The first-order chi connectivity index (χ1) is 16.5. The van der Waals surface area contributed by atoms with Crippen LogP contribution >= 0.6 is 11.8 Å². The Morgan fingerprint density at radius 3 is 2.29 bits per heavy atom. The van der Waals surface area contributed by atoms with Crippen molar-refractivity contribution in [3.63, 3.8) is 0 Å². The van der Waals surface area contributed by atoms with Gasteiger partial charge in [0.25, 0.3) is 0 Å². The minimum atomic E-state index is -0.668. The van der Waals surface area contributed by atoms with Gasteiger partial charge in [-0.2, -0.15) is 0 Å². The van der Waals surface area contributed by atoms with Gasteiger partial charge in [-0.25, -0.2) is 4.39 Å². The number of likely N-dealkylation sites (N-methyl/N-ethyl adjacent to an activating group) is 1. The summed E-state index contributed by atoms with van der Waals surface area (Å²) in [7, 11) is 0. The zero-order valence-corrected chi connectivity index (χ0v) is 20.5. The molecule has 3 aromatic carbocycles. The number of nitrogens with one attached hydrogen (secondary N) is 1. The van der Waals surface area contributed by atoms with Crippen molar-refractivity contribution >= 4 is 23.6 Å². The van der Waals surface area contributed by atoms with Gasteiger partial charge in [0.1, 0.15) is 11.9 Å². The average Bonchev–Trinajstić information content (AvgIpc) is 2.84. The van der Waals surface area contributed by atoms with Gasteiger partial charge >= 0.3 is 0 Å². The molecule has 0 spiro atoms. The van der Waals surface area contributed by atoms with Gasteiger partial charge in [0, 0.05) is 25.3 Å². The monoisotopic (exact) mass is 478 g/mol. The summed E-state index contributed by atoms with van der Waals surface area (Å²) in [6.07, 6.45) is 0.405. The van der Waals surface area contributed by atoms with E-state index in [1.54, 1.807) is 17.0 Å². The zero-order valence-electron chi connectivity index (χ0n) is 19.7. The lowest BCUT2D eigenvalue weighted by molar-refractivity contribution is -0.139. The molecule has 34 heavy (non-hydrogen) atoms. The second-order valence-corrected chi connectivity index (χ2v) is 9.15. The Morgan fingerprint density at radius 1 is 0.941 bits per heavy atom. The van der Waals surface area contributed by atoms with Crippen molar-refractivity contribution in [1.82, 2.24) is 10.2 Å². The molecule has 0 aliphatic carbocycles. The minimum absolute atomic E-state index is 0.116. The molecule has 0 bridgehead atoms. The largest absolute Gasteiger partial charge is 0.355 e. The van der Waals surface area contributed by atoms with Gasteiger partial charge < -0.3 is 10.2 Å². The van der Waals surface area contributed by atoms with Crippen LogP contribution in [0.25, 0.3) is 0 Å². The third-order valence-electron chi connectivity index (χ3n) is 5.63. The lowest BCUT2D eigenvalue weighted by atomic mass is 10.0.